The summed E-state index contributed by atoms with van der Waals surface area (Å²) in [5.41, 5.74) is 1.41. The number of anilines is 3. The van der Waals surface area contributed by atoms with Crippen molar-refractivity contribution in [2.75, 3.05) is 36.4 Å². The van der Waals surface area contributed by atoms with E-state index in [0.29, 0.717) is 23.6 Å². The molecule has 3 N–H and O–H groups in total. The first-order valence-corrected chi connectivity index (χ1v) is 13.6. The van der Waals surface area contributed by atoms with Gasteiger partial charge in [-0.1, -0.05) is 6.92 Å². The lowest BCUT2D eigenvalue weighted by molar-refractivity contribution is -0.137. The van der Waals surface area contributed by atoms with Crippen molar-refractivity contribution in [2.24, 2.45) is 11.3 Å². The summed E-state index contributed by atoms with van der Waals surface area (Å²) in [4.78, 5) is 11.0. The van der Waals surface area contributed by atoms with Crippen molar-refractivity contribution in [3.05, 3.63) is 35.5 Å². The summed E-state index contributed by atoms with van der Waals surface area (Å²) < 4.78 is 41.1. The molecule has 36 heavy (non-hydrogen) atoms. The largest absolute Gasteiger partial charge is 0.421 e. The van der Waals surface area contributed by atoms with Crippen LogP contribution >= 0.6 is 11.8 Å². The molecule has 2 unspecified atom stereocenters. The Morgan fingerprint density at radius 1 is 1.22 bits per heavy atom. The number of nitrogens with zero attached hydrogens (tertiary/aromatic N) is 3. The minimum Gasteiger partial charge on any atom is -0.391 e. The lowest BCUT2D eigenvalue weighted by Crippen LogP contribution is -2.46. The summed E-state index contributed by atoms with van der Waals surface area (Å²) in [6, 6.07) is 6.12. The van der Waals surface area contributed by atoms with E-state index in [1.54, 1.807) is 0 Å². The van der Waals surface area contributed by atoms with Crippen LogP contribution in [0.4, 0.5) is 30.6 Å². The molecule has 0 amide bonds. The zero-order chi connectivity index (χ0) is 25.5. The normalized spacial score (nSPS) is 24.6. The van der Waals surface area contributed by atoms with Gasteiger partial charge in [0, 0.05) is 35.1 Å². The molecule has 2 atom stereocenters. The third-order valence-electron chi connectivity index (χ3n) is 8.02. The molecule has 5 rings (SSSR count). The second-order valence-electron chi connectivity index (χ2n) is 10.7. The number of aryl methyl sites for hydroxylation is 1. The van der Waals surface area contributed by atoms with Crippen LogP contribution in [0.25, 0.3) is 0 Å². The monoisotopic (exact) mass is 521 g/mol. The van der Waals surface area contributed by atoms with Gasteiger partial charge in [-0.25, -0.2) is 4.98 Å². The minimum atomic E-state index is -4.58. The first kappa shape index (κ1) is 25.6. The van der Waals surface area contributed by atoms with Gasteiger partial charge >= 0.3 is 6.18 Å². The SMILES string of the molecule is Cc1cc(SC2CC3(CCNCC3)C2)ccc1Nc1ncc(C(F)(F)F)c(N2CCC(C)C(O)C2)n1. The zero-order valence-corrected chi connectivity index (χ0v) is 21.6. The van der Waals surface area contributed by atoms with Crippen LogP contribution in [0.1, 0.15) is 50.2 Å². The Hall–Kier alpha value is -2.04. The number of alkyl halides is 3. The van der Waals surface area contributed by atoms with E-state index in [-0.39, 0.29) is 24.2 Å². The molecule has 3 heterocycles. The van der Waals surface area contributed by atoms with Crippen LogP contribution in [0.5, 0.6) is 0 Å². The van der Waals surface area contributed by atoms with Gasteiger partial charge in [0.15, 0.2) is 0 Å². The summed E-state index contributed by atoms with van der Waals surface area (Å²) in [5.74, 6) is -0.0340. The quantitative estimate of drug-likeness (QED) is 0.488. The van der Waals surface area contributed by atoms with Crippen molar-refractivity contribution >= 4 is 29.2 Å². The van der Waals surface area contributed by atoms with E-state index in [9.17, 15) is 18.3 Å². The molecular formula is C26H34F3N5OS. The highest BCUT2D eigenvalue weighted by molar-refractivity contribution is 8.00. The molecule has 0 radical (unpaired) electrons. The third-order valence-corrected chi connectivity index (χ3v) is 9.22. The number of halogens is 3. The molecule has 1 aromatic heterocycles. The second-order valence-corrected chi connectivity index (χ2v) is 12.1. The maximum Gasteiger partial charge on any atom is 0.421 e. The molecule has 2 aromatic rings. The maximum absolute atomic E-state index is 13.7. The van der Waals surface area contributed by atoms with Crippen LogP contribution in [0.15, 0.2) is 29.3 Å². The van der Waals surface area contributed by atoms with Crippen LogP contribution in [0, 0.1) is 18.3 Å². The van der Waals surface area contributed by atoms with Crippen molar-refractivity contribution in [2.45, 2.75) is 68.4 Å². The van der Waals surface area contributed by atoms with E-state index in [1.807, 2.05) is 31.7 Å². The van der Waals surface area contributed by atoms with Crippen LogP contribution in [-0.4, -0.2) is 52.6 Å². The summed E-state index contributed by atoms with van der Waals surface area (Å²) in [7, 11) is 0. The molecule has 6 nitrogen and oxygen atoms in total. The average molecular weight is 522 g/mol. The first-order valence-electron chi connectivity index (χ1n) is 12.7. The molecule has 196 valence electrons. The fraction of sp³-hybridized carbons (Fsp3) is 0.615. The number of benzene rings is 1. The Labute approximate surface area is 214 Å². The second kappa shape index (κ2) is 10.0. The molecule has 1 aromatic carbocycles. The molecule has 3 fully saturated rings. The Morgan fingerprint density at radius 3 is 2.64 bits per heavy atom. The summed E-state index contributed by atoms with van der Waals surface area (Å²) >= 11 is 1.92. The Kier molecular flexibility index (Phi) is 7.13. The number of thioether (sulfide) groups is 1. The van der Waals surface area contributed by atoms with Gasteiger partial charge < -0.3 is 20.6 Å². The molecule has 1 aliphatic carbocycles. The number of nitrogens with one attached hydrogen (secondary N) is 2. The third kappa shape index (κ3) is 5.45. The maximum atomic E-state index is 13.7. The fourth-order valence-corrected chi connectivity index (χ4v) is 7.28. The molecule has 2 aliphatic heterocycles. The number of aliphatic hydroxyl groups excluding tert-OH is 1. The van der Waals surface area contributed by atoms with Gasteiger partial charge in [-0.2, -0.15) is 18.2 Å². The smallest absolute Gasteiger partial charge is 0.391 e. The Bertz CT molecular complexity index is 1080. The van der Waals surface area contributed by atoms with E-state index in [1.165, 1.54) is 35.5 Å². The van der Waals surface area contributed by atoms with Gasteiger partial charge in [-0.15, -0.1) is 11.8 Å². The van der Waals surface area contributed by atoms with Crippen molar-refractivity contribution < 1.29 is 18.3 Å². The Morgan fingerprint density at radius 2 is 1.97 bits per heavy atom. The van der Waals surface area contributed by atoms with Gasteiger partial charge in [0.25, 0.3) is 0 Å². The van der Waals surface area contributed by atoms with Gasteiger partial charge in [-0.3, -0.25) is 0 Å². The van der Waals surface area contributed by atoms with E-state index >= 15 is 0 Å². The van der Waals surface area contributed by atoms with Crippen molar-refractivity contribution in [1.82, 2.24) is 15.3 Å². The van der Waals surface area contributed by atoms with Gasteiger partial charge in [0.2, 0.25) is 5.95 Å². The van der Waals surface area contributed by atoms with E-state index < -0.39 is 17.8 Å². The average Bonchev–Trinajstić information content (AvgIpc) is 2.81. The highest BCUT2D eigenvalue weighted by atomic mass is 32.2. The minimum absolute atomic E-state index is 0.0409. The standard InChI is InChI=1S/C26H34F3N5OS/c1-16-5-10-34(15-22(16)35)23-20(26(27,28)29)14-31-24(33-23)32-21-4-3-18(11-17(21)2)36-19-12-25(13-19)6-8-30-9-7-25/h3-4,11,14,16,19,22,30,35H,5-10,12-13,15H2,1-2H3,(H,31,32,33). The number of rotatable bonds is 5. The molecule has 1 spiro atoms. The highest BCUT2D eigenvalue weighted by Crippen LogP contribution is 2.54. The predicted molar refractivity (Wildman–Crippen MR) is 137 cm³/mol. The highest BCUT2D eigenvalue weighted by Gasteiger charge is 2.44. The van der Waals surface area contributed by atoms with Crippen molar-refractivity contribution in [1.29, 1.82) is 0 Å². The number of aromatic nitrogens is 2. The van der Waals surface area contributed by atoms with Gasteiger partial charge in [0.05, 0.1) is 6.10 Å². The lowest BCUT2D eigenvalue weighted by Gasteiger charge is -2.50. The van der Waals surface area contributed by atoms with Gasteiger partial charge in [0.1, 0.15) is 11.4 Å². The van der Waals surface area contributed by atoms with Crippen LogP contribution in [0.3, 0.4) is 0 Å². The topological polar surface area (TPSA) is 73.3 Å². The molecule has 3 aliphatic rings. The Balaban J connectivity index is 1.28. The molecule has 0 bridgehead atoms. The first-order chi connectivity index (χ1) is 17.1. The van der Waals surface area contributed by atoms with Crippen LogP contribution in [-0.2, 0) is 6.18 Å². The molecule has 2 saturated heterocycles. The number of hydrogen-bond donors (Lipinski definition) is 3. The zero-order valence-electron chi connectivity index (χ0n) is 20.7. The van der Waals surface area contributed by atoms with Gasteiger partial charge in [-0.05, 0) is 87.2 Å². The van der Waals surface area contributed by atoms with Crippen molar-refractivity contribution in [3.8, 4) is 0 Å². The van der Waals surface area contributed by atoms with E-state index in [4.69, 9.17) is 0 Å². The lowest BCUT2D eigenvalue weighted by atomic mass is 9.63. The molecular weight excluding hydrogens is 487 g/mol. The van der Waals surface area contributed by atoms with E-state index in [0.717, 1.165) is 30.5 Å². The number of hydrogen-bond acceptors (Lipinski definition) is 7. The number of aliphatic hydroxyl groups is 1. The number of β-amino-alcohol motifs (C(OH)–C–C–N with tert-alkyl or cyclic N) is 1. The number of piperidine rings is 2. The summed E-state index contributed by atoms with van der Waals surface area (Å²) in [6.07, 6.45) is 1.25. The van der Waals surface area contributed by atoms with Crippen LogP contribution in [0.2, 0.25) is 0 Å². The fourth-order valence-electron chi connectivity index (χ4n) is 5.63. The summed E-state index contributed by atoms with van der Waals surface area (Å²) in [6.45, 7) is 6.66. The predicted octanol–water partition coefficient (Wildman–Crippen LogP) is 5.38. The summed E-state index contributed by atoms with van der Waals surface area (Å²) in [5, 5.41) is 17.4. The molecule has 10 heteroatoms. The molecule has 1 saturated carbocycles. The van der Waals surface area contributed by atoms with Crippen LogP contribution < -0.4 is 15.5 Å². The van der Waals surface area contributed by atoms with E-state index in [2.05, 4.69) is 32.7 Å². The van der Waals surface area contributed by atoms with Crippen molar-refractivity contribution in [3.63, 3.8) is 0 Å².